The second-order valence-electron chi connectivity index (χ2n) is 10.1. The zero-order valence-corrected chi connectivity index (χ0v) is 17.9. The number of pyridine rings is 1. The number of aryl methyl sites for hydroxylation is 1. The molecular formula is C24H32N4O2. The fourth-order valence-electron chi connectivity index (χ4n) is 6.76. The van der Waals surface area contributed by atoms with Crippen molar-refractivity contribution in [3.05, 3.63) is 35.3 Å². The summed E-state index contributed by atoms with van der Waals surface area (Å²) in [6.07, 6.45) is 9.05. The van der Waals surface area contributed by atoms with Crippen LogP contribution in [0.1, 0.15) is 53.8 Å². The van der Waals surface area contributed by atoms with Gasteiger partial charge in [-0.15, -0.1) is 0 Å². The molecule has 4 bridgehead atoms. The van der Waals surface area contributed by atoms with Gasteiger partial charge in [-0.05, 0) is 68.4 Å². The van der Waals surface area contributed by atoms with Crippen molar-refractivity contribution in [2.45, 2.75) is 51.6 Å². The predicted molar refractivity (Wildman–Crippen MR) is 114 cm³/mol. The van der Waals surface area contributed by atoms with Crippen LogP contribution in [0.3, 0.4) is 0 Å². The molecule has 5 fully saturated rings. The van der Waals surface area contributed by atoms with E-state index in [0.717, 1.165) is 41.2 Å². The minimum atomic E-state index is 0.0667. The molecule has 2 aromatic rings. The van der Waals surface area contributed by atoms with E-state index in [1.54, 1.807) is 0 Å². The normalized spacial score (nSPS) is 31.4. The second kappa shape index (κ2) is 7.34. The Labute approximate surface area is 178 Å². The Hall–Kier alpha value is -1.92. The first kappa shape index (κ1) is 18.8. The molecule has 0 N–H and O–H groups in total. The third-order valence-electron chi connectivity index (χ3n) is 8.02. The van der Waals surface area contributed by atoms with Crippen molar-refractivity contribution < 1.29 is 9.53 Å². The number of carbonyl (C=O) groups is 1. The van der Waals surface area contributed by atoms with Crippen LogP contribution < -0.4 is 0 Å². The molecule has 160 valence electrons. The predicted octanol–water partition coefficient (Wildman–Crippen LogP) is 3.13. The highest BCUT2D eigenvalue weighted by Gasteiger charge is 2.43. The maximum absolute atomic E-state index is 13.5. The standard InChI is InChI=1S/C24H32N4O2/c1-16-3-2-4-28-21(22(25-23(16)28)24(29)26-5-7-30-8-6-26)15-27-14-19-10-17-9-18(11-19)13-20(27)12-17/h2-4,17-20H,5-15H2,1H3/t17-,18+,19?,20?. The fourth-order valence-corrected chi connectivity index (χ4v) is 6.76. The summed E-state index contributed by atoms with van der Waals surface area (Å²) in [5, 5.41) is 0. The first-order valence-electron chi connectivity index (χ1n) is 11.7. The smallest absolute Gasteiger partial charge is 0.274 e. The maximum atomic E-state index is 13.5. The first-order valence-corrected chi connectivity index (χ1v) is 11.7. The number of aromatic nitrogens is 2. The third kappa shape index (κ3) is 3.16. The summed E-state index contributed by atoms with van der Waals surface area (Å²) in [6, 6.07) is 4.83. The number of morpholine rings is 1. The zero-order chi connectivity index (χ0) is 20.2. The van der Waals surface area contributed by atoms with Gasteiger partial charge in [0.25, 0.3) is 5.91 Å². The highest BCUT2D eigenvalue weighted by atomic mass is 16.5. The largest absolute Gasteiger partial charge is 0.378 e. The lowest BCUT2D eigenvalue weighted by molar-refractivity contribution is 0.0297. The van der Waals surface area contributed by atoms with Crippen LogP contribution >= 0.6 is 0 Å². The van der Waals surface area contributed by atoms with Gasteiger partial charge >= 0.3 is 0 Å². The van der Waals surface area contributed by atoms with Crippen LogP contribution in [0, 0.1) is 24.7 Å². The van der Waals surface area contributed by atoms with Crippen molar-refractivity contribution in [2.24, 2.45) is 17.8 Å². The van der Waals surface area contributed by atoms with Crippen molar-refractivity contribution in [2.75, 3.05) is 32.8 Å². The average Bonchev–Trinajstić information content (AvgIpc) is 3.01. The summed E-state index contributed by atoms with van der Waals surface area (Å²) in [4.78, 5) is 23.0. The van der Waals surface area contributed by atoms with Crippen LogP contribution in [0.25, 0.3) is 5.65 Å². The van der Waals surface area contributed by atoms with E-state index in [1.165, 1.54) is 38.6 Å². The minimum Gasteiger partial charge on any atom is -0.378 e. The summed E-state index contributed by atoms with van der Waals surface area (Å²) >= 11 is 0. The van der Waals surface area contributed by atoms with E-state index >= 15 is 0 Å². The Bertz CT molecular complexity index is 950. The van der Waals surface area contributed by atoms with Crippen LogP contribution in [0.15, 0.2) is 18.3 Å². The molecule has 7 rings (SSSR count). The summed E-state index contributed by atoms with van der Waals surface area (Å²) in [5.41, 5.74) is 3.77. The molecule has 0 aromatic carbocycles. The average molecular weight is 409 g/mol. The van der Waals surface area contributed by atoms with Gasteiger partial charge in [-0.25, -0.2) is 4.98 Å². The van der Waals surface area contributed by atoms with Gasteiger partial charge in [-0.2, -0.15) is 0 Å². The van der Waals surface area contributed by atoms with E-state index in [0.29, 0.717) is 38.0 Å². The highest BCUT2D eigenvalue weighted by Crippen LogP contribution is 2.47. The molecule has 5 aliphatic rings. The molecule has 3 saturated heterocycles. The SMILES string of the molecule is Cc1cccn2c(CN3CC4C[C@@H]5CC3C[C@H](C4)C5)c(C(=O)N3CCOCC3)nc12. The lowest BCUT2D eigenvalue weighted by Crippen LogP contribution is -2.42. The van der Waals surface area contributed by atoms with Gasteiger partial charge in [0.05, 0.1) is 18.9 Å². The molecule has 3 aliphatic heterocycles. The highest BCUT2D eigenvalue weighted by molar-refractivity contribution is 5.94. The Kier molecular flexibility index (Phi) is 4.61. The maximum Gasteiger partial charge on any atom is 0.274 e. The number of hydrogen-bond donors (Lipinski definition) is 0. The Morgan fingerprint density at radius 3 is 2.60 bits per heavy atom. The van der Waals surface area contributed by atoms with Gasteiger partial charge < -0.3 is 14.0 Å². The number of ether oxygens (including phenoxy) is 1. The third-order valence-corrected chi connectivity index (χ3v) is 8.02. The molecule has 0 radical (unpaired) electrons. The summed E-state index contributed by atoms with van der Waals surface area (Å²) in [5.74, 6) is 2.75. The van der Waals surface area contributed by atoms with E-state index in [4.69, 9.17) is 9.72 Å². The van der Waals surface area contributed by atoms with Crippen LogP contribution in [0.5, 0.6) is 0 Å². The molecule has 30 heavy (non-hydrogen) atoms. The molecule has 2 saturated carbocycles. The van der Waals surface area contributed by atoms with Gasteiger partial charge in [-0.3, -0.25) is 9.69 Å². The minimum absolute atomic E-state index is 0.0667. The van der Waals surface area contributed by atoms with Crippen LogP contribution in [-0.2, 0) is 11.3 Å². The second-order valence-corrected chi connectivity index (χ2v) is 10.1. The van der Waals surface area contributed by atoms with Crippen molar-refractivity contribution in [1.82, 2.24) is 19.2 Å². The zero-order valence-electron chi connectivity index (χ0n) is 17.9. The summed E-state index contributed by atoms with van der Waals surface area (Å²) in [6.45, 7) is 6.64. The van der Waals surface area contributed by atoms with E-state index in [1.807, 2.05) is 4.90 Å². The molecule has 2 unspecified atom stereocenters. The molecule has 6 heteroatoms. The first-order chi connectivity index (χ1) is 14.7. The fraction of sp³-hybridized carbons (Fsp3) is 0.667. The number of fused-ring (bicyclic) bond motifs is 2. The number of nitrogens with zero attached hydrogens (tertiary/aromatic N) is 4. The Morgan fingerprint density at radius 2 is 1.83 bits per heavy atom. The molecule has 2 aromatic heterocycles. The van der Waals surface area contributed by atoms with Crippen LogP contribution in [0.2, 0.25) is 0 Å². The molecular weight excluding hydrogens is 376 g/mol. The number of carbonyl (C=O) groups excluding carboxylic acids is 1. The van der Waals surface area contributed by atoms with Gasteiger partial charge in [0.15, 0.2) is 5.69 Å². The molecule has 5 heterocycles. The topological polar surface area (TPSA) is 50.1 Å². The molecule has 1 amide bonds. The number of rotatable bonds is 3. The van der Waals surface area contributed by atoms with Crippen molar-refractivity contribution in [3.8, 4) is 0 Å². The number of imidazole rings is 1. The van der Waals surface area contributed by atoms with Crippen molar-refractivity contribution in [1.29, 1.82) is 0 Å². The van der Waals surface area contributed by atoms with E-state index in [9.17, 15) is 4.79 Å². The van der Waals surface area contributed by atoms with Gasteiger partial charge in [0.2, 0.25) is 0 Å². The lowest BCUT2D eigenvalue weighted by Gasteiger charge is -2.39. The Balaban J connectivity index is 1.38. The van der Waals surface area contributed by atoms with Crippen LogP contribution in [0.4, 0.5) is 0 Å². The van der Waals surface area contributed by atoms with E-state index < -0.39 is 0 Å². The molecule has 6 nitrogen and oxygen atoms in total. The Morgan fingerprint density at radius 1 is 1.10 bits per heavy atom. The van der Waals surface area contributed by atoms with Gasteiger partial charge in [0, 0.05) is 38.4 Å². The van der Waals surface area contributed by atoms with Crippen molar-refractivity contribution >= 4 is 11.6 Å². The van der Waals surface area contributed by atoms with Gasteiger partial charge in [0.1, 0.15) is 5.65 Å². The quantitative estimate of drug-likeness (QED) is 0.783. The van der Waals surface area contributed by atoms with Gasteiger partial charge in [-0.1, -0.05) is 6.07 Å². The lowest BCUT2D eigenvalue weighted by atomic mass is 9.68. The molecule has 0 spiro atoms. The number of hydrogen-bond acceptors (Lipinski definition) is 4. The molecule has 2 aliphatic carbocycles. The van der Waals surface area contributed by atoms with E-state index in [2.05, 4.69) is 34.6 Å². The van der Waals surface area contributed by atoms with Crippen LogP contribution in [-0.4, -0.2) is 64.0 Å². The number of amides is 1. The summed E-state index contributed by atoms with van der Waals surface area (Å²) < 4.78 is 7.64. The van der Waals surface area contributed by atoms with Crippen molar-refractivity contribution in [3.63, 3.8) is 0 Å². The summed E-state index contributed by atoms with van der Waals surface area (Å²) in [7, 11) is 0. The molecule has 4 atom stereocenters. The monoisotopic (exact) mass is 408 g/mol. The van der Waals surface area contributed by atoms with E-state index in [-0.39, 0.29) is 5.91 Å².